The Hall–Kier alpha value is -4.22. The third-order valence-electron chi connectivity index (χ3n) is 6.93. The summed E-state index contributed by atoms with van der Waals surface area (Å²) in [6, 6.07) is 15.4. The third-order valence-corrected chi connectivity index (χ3v) is 6.93. The van der Waals surface area contributed by atoms with Gasteiger partial charge in [0.1, 0.15) is 17.5 Å². The van der Waals surface area contributed by atoms with Crippen molar-refractivity contribution >= 4 is 33.9 Å². The van der Waals surface area contributed by atoms with Gasteiger partial charge in [0.25, 0.3) is 5.69 Å². The number of nitro groups is 1. The SMILES string of the molecule is CCNCCN(CC)c1cc(OC)c(Nc2nccc(C3OCCn4c3cc3ccccc34)n2)cc1[N+](=O)[O-]. The topological polar surface area (TPSA) is 120 Å². The van der Waals surface area contributed by atoms with Gasteiger partial charge in [-0.25, -0.2) is 9.97 Å². The van der Waals surface area contributed by atoms with E-state index in [0.717, 1.165) is 29.7 Å². The van der Waals surface area contributed by atoms with Gasteiger partial charge < -0.3 is 29.6 Å². The number of aromatic nitrogens is 3. The van der Waals surface area contributed by atoms with Crippen LogP contribution in [0.2, 0.25) is 0 Å². The summed E-state index contributed by atoms with van der Waals surface area (Å²) >= 11 is 0. The molecule has 0 amide bonds. The normalized spacial score (nSPS) is 14.7. The smallest absolute Gasteiger partial charge is 0.294 e. The number of ether oxygens (including phenoxy) is 2. The Labute approximate surface area is 226 Å². The number of para-hydroxylation sites is 1. The number of rotatable bonds is 11. The molecular formula is C28H33N7O4. The Morgan fingerprint density at radius 1 is 1.23 bits per heavy atom. The second-order valence-corrected chi connectivity index (χ2v) is 9.19. The molecule has 2 aromatic carbocycles. The summed E-state index contributed by atoms with van der Waals surface area (Å²) in [5.41, 5.74) is 3.78. The molecule has 5 rings (SSSR count). The van der Waals surface area contributed by atoms with Gasteiger partial charge >= 0.3 is 0 Å². The quantitative estimate of drug-likeness (QED) is 0.162. The lowest BCUT2D eigenvalue weighted by molar-refractivity contribution is -0.384. The summed E-state index contributed by atoms with van der Waals surface area (Å²) in [6.07, 6.45) is 1.30. The van der Waals surface area contributed by atoms with E-state index in [9.17, 15) is 10.1 Å². The Morgan fingerprint density at radius 2 is 2.08 bits per heavy atom. The fourth-order valence-corrected chi connectivity index (χ4v) is 5.05. The van der Waals surface area contributed by atoms with E-state index in [1.807, 2.05) is 36.9 Å². The summed E-state index contributed by atoms with van der Waals surface area (Å²) < 4.78 is 14.0. The largest absolute Gasteiger partial charge is 0.494 e. The van der Waals surface area contributed by atoms with Crippen molar-refractivity contribution in [1.82, 2.24) is 19.9 Å². The Bertz CT molecular complexity index is 1470. The van der Waals surface area contributed by atoms with Gasteiger partial charge in [-0.15, -0.1) is 0 Å². The molecule has 0 aliphatic carbocycles. The van der Waals surface area contributed by atoms with E-state index < -0.39 is 0 Å². The highest BCUT2D eigenvalue weighted by Gasteiger charge is 2.27. The van der Waals surface area contributed by atoms with Crippen LogP contribution in [0.15, 0.2) is 54.7 Å². The number of nitrogens with one attached hydrogen (secondary N) is 2. The maximum Gasteiger partial charge on any atom is 0.294 e. The van der Waals surface area contributed by atoms with Crippen molar-refractivity contribution in [3.8, 4) is 5.75 Å². The van der Waals surface area contributed by atoms with Crippen molar-refractivity contribution in [1.29, 1.82) is 0 Å². The minimum atomic E-state index is -0.373. The zero-order valence-electron chi connectivity index (χ0n) is 22.4. The van der Waals surface area contributed by atoms with Crippen LogP contribution in [0, 0.1) is 10.1 Å². The standard InChI is InChI=1S/C28H33N7O4/c1-4-29-12-13-33(5-2)23-18-26(38-3)21(17-24(23)35(36)37)32-28-30-11-10-20(31-28)27-25-16-19-8-6-7-9-22(19)34(25)14-15-39-27/h6-11,16-18,27,29H,4-5,12-15H2,1-3H3,(H,30,31,32). The number of hydrogen-bond acceptors (Lipinski definition) is 9. The second-order valence-electron chi connectivity index (χ2n) is 9.19. The van der Waals surface area contributed by atoms with Gasteiger partial charge in [0.2, 0.25) is 5.95 Å². The molecule has 0 bridgehead atoms. The highest BCUT2D eigenvalue weighted by Crippen LogP contribution is 2.39. The molecule has 0 radical (unpaired) electrons. The number of anilines is 3. The van der Waals surface area contributed by atoms with E-state index in [2.05, 4.69) is 38.4 Å². The number of likely N-dealkylation sites (N-methyl/N-ethyl adjacent to an activating group) is 2. The average molecular weight is 532 g/mol. The average Bonchev–Trinajstić information content (AvgIpc) is 3.34. The predicted octanol–water partition coefficient (Wildman–Crippen LogP) is 4.65. The molecule has 1 atom stereocenters. The maximum absolute atomic E-state index is 12.1. The lowest BCUT2D eigenvalue weighted by atomic mass is 10.1. The molecule has 4 aromatic rings. The molecule has 3 heterocycles. The third kappa shape index (κ3) is 5.36. The summed E-state index contributed by atoms with van der Waals surface area (Å²) in [7, 11) is 1.54. The molecule has 1 aliphatic heterocycles. The zero-order chi connectivity index (χ0) is 27.4. The van der Waals surface area contributed by atoms with Crippen LogP contribution in [0.4, 0.5) is 23.0 Å². The van der Waals surface area contributed by atoms with Crippen molar-refractivity contribution in [2.24, 2.45) is 0 Å². The Kier molecular flexibility index (Phi) is 7.89. The number of methoxy groups -OCH3 is 1. The van der Waals surface area contributed by atoms with Crippen LogP contribution in [0.1, 0.15) is 31.3 Å². The van der Waals surface area contributed by atoms with Gasteiger partial charge in [0.15, 0.2) is 0 Å². The van der Waals surface area contributed by atoms with Gasteiger partial charge in [0.05, 0.1) is 35.7 Å². The van der Waals surface area contributed by atoms with Gasteiger partial charge in [-0.3, -0.25) is 10.1 Å². The molecule has 2 aromatic heterocycles. The first-order chi connectivity index (χ1) is 19.0. The van der Waals surface area contributed by atoms with Crippen LogP contribution < -0.4 is 20.3 Å². The molecule has 11 heteroatoms. The van der Waals surface area contributed by atoms with E-state index in [0.29, 0.717) is 55.0 Å². The van der Waals surface area contributed by atoms with Crippen LogP contribution in [-0.4, -0.2) is 59.4 Å². The lowest BCUT2D eigenvalue weighted by Crippen LogP contribution is -2.32. The van der Waals surface area contributed by atoms with Crippen LogP contribution in [0.25, 0.3) is 10.9 Å². The summed E-state index contributed by atoms with van der Waals surface area (Å²) in [5, 5.41) is 19.6. The fraction of sp³-hybridized carbons (Fsp3) is 0.357. The first-order valence-electron chi connectivity index (χ1n) is 13.2. The van der Waals surface area contributed by atoms with Crippen LogP contribution in [0.3, 0.4) is 0 Å². The van der Waals surface area contributed by atoms with Gasteiger partial charge in [-0.05, 0) is 37.1 Å². The Balaban J connectivity index is 1.46. The van der Waals surface area contributed by atoms with Crippen LogP contribution in [0.5, 0.6) is 5.75 Å². The minimum Gasteiger partial charge on any atom is -0.494 e. The highest BCUT2D eigenvalue weighted by molar-refractivity contribution is 5.82. The lowest BCUT2D eigenvalue weighted by Gasteiger charge is -2.26. The first kappa shape index (κ1) is 26.4. The van der Waals surface area contributed by atoms with Gasteiger partial charge in [0, 0.05) is 50.0 Å². The zero-order valence-corrected chi connectivity index (χ0v) is 22.4. The molecule has 2 N–H and O–H groups in total. The molecule has 0 spiro atoms. The van der Waals surface area contributed by atoms with Crippen molar-refractivity contribution in [3.05, 3.63) is 76.2 Å². The van der Waals surface area contributed by atoms with Gasteiger partial charge in [-0.2, -0.15) is 0 Å². The van der Waals surface area contributed by atoms with Crippen molar-refractivity contribution < 1.29 is 14.4 Å². The molecule has 0 saturated heterocycles. The summed E-state index contributed by atoms with van der Waals surface area (Å²) in [5.74, 6) is 0.754. The number of hydrogen-bond donors (Lipinski definition) is 2. The van der Waals surface area contributed by atoms with Crippen LogP contribution >= 0.6 is 0 Å². The number of benzene rings is 2. The molecule has 0 fully saturated rings. The van der Waals surface area contributed by atoms with E-state index >= 15 is 0 Å². The molecule has 0 saturated carbocycles. The van der Waals surface area contributed by atoms with Crippen molar-refractivity contribution in [2.45, 2.75) is 26.5 Å². The van der Waals surface area contributed by atoms with Crippen molar-refractivity contribution in [3.63, 3.8) is 0 Å². The summed E-state index contributed by atoms with van der Waals surface area (Å²) in [6.45, 7) is 8.12. The molecular weight excluding hydrogens is 498 g/mol. The number of nitrogens with zero attached hydrogens (tertiary/aromatic N) is 5. The van der Waals surface area contributed by atoms with Crippen LogP contribution in [-0.2, 0) is 11.3 Å². The number of nitro benzene ring substituents is 1. The second kappa shape index (κ2) is 11.7. The molecule has 204 valence electrons. The fourth-order valence-electron chi connectivity index (χ4n) is 5.05. The highest BCUT2D eigenvalue weighted by atomic mass is 16.6. The Morgan fingerprint density at radius 3 is 2.85 bits per heavy atom. The minimum absolute atomic E-state index is 0.0204. The van der Waals surface area contributed by atoms with Gasteiger partial charge in [-0.1, -0.05) is 25.1 Å². The van der Waals surface area contributed by atoms with E-state index in [1.165, 1.54) is 13.2 Å². The monoisotopic (exact) mass is 531 g/mol. The maximum atomic E-state index is 12.1. The molecule has 11 nitrogen and oxygen atoms in total. The van der Waals surface area contributed by atoms with E-state index in [1.54, 1.807) is 12.3 Å². The van der Waals surface area contributed by atoms with E-state index in [4.69, 9.17) is 14.5 Å². The molecule has 1 aliphatic rings. The number of fused-ring (bicyclic) bond motifs is 3. The molecule has 1 unspecified atom stereocenters. The van der Waals surface area contributed by atoms with E-state index in [-0.39, 0.29) is 16.7 Å². The van der Waals surface area contributed by atoms with Crippen molar-refractivity contribution in [2.75, 3.05) is 50.1 Å². The summed E-state index contributed by atoms with van der Waals surface area (Å²) in [4.78, 5) is 22.8. The molecule has 39 heavy (non-hydrogen) atoms. The predicted molar refractivity (Wildman–Crippen MR) is 151 cm³/mol. The first-order valence-corrected chi connectivity index (χ1v) is 13.2.